The second-order valence-corrected chi connectivity index (χ2v) is 5.62. The van der Waals surface area contributed by atoms with Gasteiger partial charge in [-0.15, -0.1) is 0 Å². The molecule has 20 heavy (non-hydrogen) atoms. The number of aromatic nitrogens is 1. The molecule has 2 rings (SSSR count). The van der Waals surface area contributed by atoms with E-state index in [1.54, 1.807) is 11.0 Å². The molecule has 1 aromatic rings. The van der Waals surface area contributed by atoms with E-state index in [-0.39, 0.29) is 17.7 Å². The van der Waals surface area contributed by atoms with Gasteiger partial charge in [-0.2, -0.15) is 0 Å². The standard InChI is InChI=1S/C14H18ClN3O2/c1-9-6-12(15)11(8-17-9)14(20)18-4-2-10(3-5-18)7-13(16)19/h6,8,10H,2-5,7H2,1H3,(H2,16,19). The number of halogens is 1. The highest BCUT2D eigenvalue weighted by molar-refractivity contribution is 6.33. The summed E-state index contributed by atoms with van der Waals surface area (Å²) in [5.41, 5.74) is 6.42. The van der Waals surface area contributed by atoms with Gasteiger partial charge in [0.15, 0.2) is 0 Å². The van der Waals surface area contributed by atoms with Crippen molar-refractivity contribution in [2.45, 2.75) is 26.2 Å². The number of nitrogens with two attached hydrogens (primary N) is 1. The lowest BCUT2D eigenvalue weighted by atomic mass is 9.93. The molecule has 1 saturated heterocycles. The van der Waals surface area contributed by atoms with Crippen LogP contribution in [0.5, 0.6) is 0 Å². The van der Waals surface area contributed by atoms with Crippen molar-refractivity contribution in [1.82, 2.24) is 9.88 Å². The molecule has 2 heterocycles. The predicted molar refractivity (Wildman–Crippen MR) is 76.4 cm³/mol. The first-order valence-corrected chi connectivity index (χ1v) is 7.05. The van der Waals surface area contributed by atoms with Gasteiger partial charge in [-0.3, -0.25) is 14.6 Å². The van der Waals surface area contributed by atoms with E-state index in [1.165, 1.54) is 6.20 Å². The maximum Gasteiger partial charge on any atom is 0.256 e. The molecule has 1 fully saturated rings. The molecule has 0 atom stereocenters. The molecule has 0 radical (unpaired) electrons. The van der Waals surface area contributed by atoms with E-state index in [9.17, 15) is 9.59 Å². The molecule has 0 spiro atoms. The van der Waals surface area contributed by atoms with Crippen LogP contribution in [-0.4, -0.2) is 34.8 Å². The van der Waals surface area contributed by atoms with Gasteiger partial charge in [0.05, 0.1) is 10.6 Å². The zero-order chi connectivity index (χ0) is 14.7. The summed E-state index contributed by atoms with van der Waals surface area (Å²) in [6, 6.07) is 1.69. The zero-order valence-electron chi connectivity index (χ0n) is 11.4. The Balaban J connectivity index is 1.99. The molecular weight excluding hydrogens is 278 g/mol. The fraction of sp³-hybridized carbons (Fsp3) is 0.500. The molecule has 0 aromatic carbocycles. The fourth-order valence-corrected chi connectivity index (χ4v) is 2.77. The minimum Gasteiger partial charge on any atom is -0.370 e. The van der Waals surface area contributed by atoms with E-state index in [1.807, 2.05) is 6.92 Å². The molecule has 0 unspecified atom stereocenters. The highest BCUT2D eigenvalue weighted by Crippen LogP contribution is 2.24. The van der Waals surface area contributed by atoms with Crippen molar-refractivity contribution < 1.29 is 9.59 Å². The first-order valence-electron chi connectivity index (χ1n) is 6.67. The highest BCUT2D eigenvalue weighted by Gasteiger charge is 2.25. The Bertz CT molecular complexity index is 525. The molecule has 0 saturated carbocycles. The Kier molecular flexibility index (Phi) is 4.60. The van der Waals surface area contributed by atoms with Gasteiger partial charge in [-0.1, -0.05) is 11.6 Å². The van der Waals surface area contributed by atoms with Gasteiger partial charge >= 0.3 is 0 Å². The van der Waals surface area contributed by atoms with Crippen LogP contribution < -0.4 is 5.73 Å². The normalized spacial score (nSPS) is 16.2. The third kappa shape index (κ3) is 3.48. The van der Waals surface area contributed by atoms with Crippen LogP contribution in [0.2, 0.25) is 5.02 Å². The average Bonchev–Trinajstić information content (AvgIpc) is 2.38. The summed E-state index contributed by atoms with van der Waals surface area (Å²) in [7, 11) is 0. The van der Waals surface area contributed by atoms with Crippen LogP contribution in [0.25, 0.3) is 0 Å². The average molecular weight is 296 g/mol. The number of hydrogen-bond acceptors (Lipinski definition) is 3. The second kappa shape index (κ2) is 6.22. The largest absolute Gasteiger partial charge is 0.370 e. The van der Waals surface area contributed by atoms with Gasteiger partial charge < -0.3 is 10.6 Å². The molecule has 1 aliphatic rings. The first-order chi connectivity index (χ1) is 9.47. The monoisotopic (exact) mass is 295 g/mol. The summed E-state index contributed by atoms with van der Waals surface area (Å²) in [6.07, 6.45) is 3.52. The van der Waals surface area contributed by atoms with E-state index in [0.29, 0.717) is 30.1 Å². The smallest absolute Gasteiger partial charge is 0.256 e. The molecule has 1 aromatic heterocycles. The van der Waals surface area contributed by atoms with Crippen molar-refractivity contribution in [3.05, 3.63) is 28.5 Å². The number of nitrogens with zero attached hydrogens (tertiary/aromatic N) is 2. The Morgan fingerprint density at radius 3 is 2.65 bits per heavy atom. The van der Waals surface area contributed by atoms with Gasteiger partial charge in [-0.25, -0.2) is 0 Å². The van der Waals surface area contributed by atoms with Crippen LogP contribution in [0.4, 0.5) is 0 Å². The Labute approximate surface area is 123 Å². The number of carbonyl (C=O) groups excluding carboxylic acids is 2. The van der Waals surface area contributed by atoms with Crippen molar-refractivity contribution >= 4 is 23.4 Å². The number of primary amides is 1. The fourth-order valence-electron chi connectivity index (χ4n) is 2.48. The van der Waals surface area contributed by atoms with Crippen molar-refractivity contribution in [2.24, 2.45) is 11.7 Å². The number of piperidine rings is 1. The molecule has 0 aliphatic carbocycles. The Hall–Kier alpha value is -1.62. The van der Waals surface area contributed by atoms with E-state index in [0.717, 1.165) is 18.5 Å². The third-order valence-corrected chi connectivity index (χ3v) is 3.92. The number of carbonyl (C=O) groups is 2. The summed E-state index contributed by atoms with van der Waals surface area (Å²) in [6.45, 7) is 3.08. The van der Waals surface area contributed by atoms with E-state index in [2.05, 4.69) is 4.98 Å². The summed E-state index contributed by atoms with van der Waals surface area (Å²) in [5, 5.41) is 0.432. The third-order valence-electron chi connectivity index (χ3n) is 3.61. The van der Waals surface area contributed by atoms with Crippen molar-refractivity contribution in [3.8, 4) is 0 Å². The first kappa shape index (κ1) is 14.8. The van der Waals surface area contributed by atoms with E-state index < -0.39 is 0 Å². The summed E-state index contributed by atoms with van der Waals surface area (Å²) in [4.78, 5) is 29.1. The quantitative estimate of drug-likeness (QED) is 0.923. The number of pyridine rings is 1. The van der Waals surface area contributed by atoms with Crippen molar-refractivity contribution in [3.63, 3.8) is 0 Å². The topological polar surface area (TPSA) is 76.3 Å². The van der Waals surface area contributed by atoms with Crippen LogP contribution in [0, 0.1) is 12.8 Å². The summed E-state index contributed by atoms with van der Waals surface area (Å²) < 4.78 is 0. The number of likely N-dealkylation sites (tertiary alicyclic amines) is 1. The summed E-state index contributed by atoms with van der Waals surface area (Å²) in [5.74, 6) is -0.0938. The lowest BCUT2D eigenvalue weighted by Gasteiger charge is -2.31. The predicted octanol–water partition coefficient (Wildman–Crippen LogP) is 1.77. The van der Waals surface area contributed by atoms with Crippen LogP contribution in [0.3, 0.4) is 0 Å². The SMILES string of the molecule is Cc1cc(Cl)c(C(=O)N2CCC(CC(N)=O)CC2)cn1. The van der Waals surface area contributed by atoms with Crippen molar-refractivity contribution in [1.29, 1.82) is 0 Å². The summed E-state index contributed by atoms with van der Waals surface area (Å²) >= 11 is 6.09. The van der Waals surface area contributed by atoms with E-state index >= 15 is 0 Å². The van der Waals surface area contributed by atoms with Gasteiger partial charge in [0.25, 0.3) is 5.91 Å². The highest BCUT2D eigenvalue weighted by atomic mass is 35.5. The molecule has 108 valence electrons. The molecule has 2 amide bonds. The van der Waals surface area contributed by atoms with Gasteiger partial charge in [0, 0.05) is 31.4 Å². The van der Waals surface area contributed by atoms with Crippen LogP contribution in [0.1, 0.15) is 35.3 Å². The minimum absolute atomic E-state index is 0.0972. The maximum absolute atomic E-state index is 12.4. The van der Waals surface area contributed by atoms with Crippen molar-refractivity contribution in [2.75, 3.05) is 13.1 Å². The van der Waals surface area contributed by atoms with Gasteiger partial charge in [0.2, 0.25) is 5.91 Å². The molecular formula is C14H18ClN3O2. The van der Waals surface area contributed by atoms with Crippen LogP contribution in [0.15, 0.2) is 12.3 Å². The Morgan fingerprint density at radius 1 is 1.45 bits per heavy atom. The van der Waals surface area contributed by atoms with Gasteiger partial charge in [-0.05, 0) is 31.7 Å². The molecule has 0 bridgehead atoms. The van der Waals surface area contributed by atoms with Crippen LogP contribution >= 0.6 is 11.6 Å². The molecule has 1 aliphatic heterocycles. The number of hydrogen-bond donors (Lipinski definition) is 1. The minimum atomic E-state index is -0.277. The Morgan fingerprint density at radius 2 is 2.10 bits per heavy atom. The lowest BCUT2D eigenvalue weighted by molar-refractivity contribution is -0.119. The van der Waals surface area contributed by atoms with Crippen LogP contribution in [-0.2, 0) is 4.79 Å². The second-order valence-electron chi connectivity index (χ2n) is 5.21. The van der Waals surface area contributed by atoms with Gasteiger partial charge in [0.1, 0.15) is 0 Å². The number of rotatable bonds is 3. The number of aryl methyl sites for hydroxylation is 1. The maximum atomic E-state index is 12.4. The van der Waals surface area contributed by atoms with E-state index in [4.69, 9.17) is 17.3 Å². The molecule has 2 N–H and O–H groups in total. The molecule has 5 nitrogen and oxygen atoms in total. The lowest BCUT2D eigenvalue weighted by Crippen LogP contribution is -2.39. The zero-order valence-corrected chi connectivity index (χ0v) is 12.2. The number of amides is 2. The molecule has 6 heteroatoms.